The fraction of sp³-hybridized carbons (Fsp3) is 0.467. The first-order valence-electron chi connectivity index (χ1n) is 7.76. The first kappa shape index (κ1) is 16.2. The first-order chi connectivity index (χ1) is 11.7. The van der Waals surface area contributed by atoms with Crippen LogP contribution in [0.2, 0.25) is 0 Å². The molecule has 1 atom stereocenters. The second-order valence-corrected chi connectivity index (χ2v) is 5.30. The molecular formula is C15H20N6O3. The summed E-state index contributed by atoms with van der Waals surface area (Å²) in [5, 5.41) is 10.9. The molecule has 9 nitrogen and oxygen atoms in total. The highest BCUT2D eigenvalue weighted by Gasteiger charge is 2.28. The number of nitrogens with one attached hydrogen (secondary N) is 1. The molecule has 2 aromatic rings. The predicted molar refractivity (Wildman–Crippen MR) is 85.8 cm³/mol. The van der Waals surface area contributed by atoms with Crippen LogP contribution in [-0.4, -0.2) is 57.5 Å². The van der Waals surface area contributed by atoms with Gasteiger partial charge in [-0.15, -0.1) is 10.2 Å². The number of hydrogen-bond donors (Lipinski definition) is 1. The van der Waals surface area contributed by atoms with Crippen LogP contribution in [0.1, 0.15) is 18.9 Å². The van der Waals surface area contributed by atoms with Crippen LogP contribution >= 0.6 is 0 Å². The van der Waals surface area contributed by atoms with Crippen LogP contribution in [0, 0.1) is 0 Å². The zero-order valence-electron chi connectivity index (χ0n) is 13.7. The van der Waals surface area contributed by atoms with Crippen LogP contribution in [0.4, 0.5) is 10.5 Å². The number of amides is 2. The van der Waals surface area contributed by atoms with Gasteiger partial charge in [0, 0.05) is 19.2 Å². The average molecular weight is 332 g/mol. The Kier molecular flexibility index (Phi) is 4.90. The molecule has 1 aliphatic heterocycles. The van der Waals surface area contributed by atoms with E-state index in [0.29, 0.717) is 31.3 Å². The van der Waals surface area contributed by atoms with Crippen molar-refractivity contribution < 1.29 is 14.3 Å². The normalized spacial score (nSPS) is 17.6. The number of carbonyl (C=O) groups is 1. The number of anilines is 1. The molecule has 0 saturated carbocycles. The number of nitrogens with zero attached hydrogens (tertiary/aromatic N) is 5. The zero-order valence-corrected chi connectivity index (χ0v) is 13.7. The van der Waals surface area contributed by atoms with Gasteiger partial charge in [-0.25, -0.2) is 9.78 Å². The van der Waals surface area contributed by atoms with E-state index in [1.165, 1.54) is 0 Å². The molecular weight excluding hydrogens is 312 g/mol. The minimum absolute atomic E-state index is 0.196. The van der Waals surface area contributed by atoms with Crippen molar-refractivity contribution in [3.8, 4) is 5.88 Å². The van der Waals surface area contributed by atoms with E-state index in [4.69, 9.17) is 9.47 Å². The second kappa shape index (κ2) is 7.26. The van der Waals surface area contributed by atoms with E-state index in [9.17, 15) is 4.79 Å². The third-order valence-corrected chi connectivity index (χ3v) is 3.82. The zero-order chi connectivity index (χ0) is 16.9. The van der Waals surface area contributed by atoms with Crippen molar-refractivity contribution in [3.63, 3.8) is 0 Å². The molecule has 0 radical (unpaired) electrons. The lowest BCUT2D eigenvalue weighted by molar-refractivity contribution is -0.0199. The summed E-state index contributed by atoms with van der Waals surface area (Å²) < 4.78 is 12.7. The summed E-state index contributed by atoms with van der Waals surface area (Å²) in [5.74, 6) is 1.24. The molecule has 1 N–H and O–H groups in total. The van der Waals surface area contributed by atoms with Crippen molar-refractivity contribution in [2.75, 3.05) is 32.1 Å². The SMILES string of the molecule is CCn1cnnc1[C@@H]1CN(C(=O)Nc2ccc(OC)nc2)CCO1. The predicted octanol–water partition coefficient (Wildman–Crippen LogP) is 1.31. The van der Waals surface area contributed by atoms with E-state index in [1.807, 2.05) is 11.5 Å². The Morgan fingerprint density at radius 1 is 1.50 bits per heavy atom. The quantitative estimate of drug-likeness (QED) is 0.907. The van der Waals surface area contributed by atoms with Crippen molar-refractivity contribution >= 4 is 11.7 Å². The molecule has 1 aliphatic rings. The summed E-state index contributed by atoms with van der Waals surface area (Å²) in [7, 11) is 1.55. The minimum atomic E-state index is -0.277. The van der Waals surface area contributed by atoms with Crippen molar-refractivity contribution in [2.24, 2.45) is 0 Å². The highest BCUT2D eigenvalue weighted by Crippen LogP contribution is 2.21. The molecule has 2 amide bonds. The van der Waals surface area contributed by atoms with Crippen LogP contribution in [0.15, 0.2) is 24.7 Å². The van der Waals surface area contributed by atoms with Gasteiger partial charge in [-0.05, 0) is 13.0 Å². The van der Waals surface area contributed by atoms with Gasteiger partial charge in [0.05, 0.1) is 32.1 Å². The molecule has 0 unspecified atom stereocenters. The van der Waals surface area contributed by atoms with E-state index in [2.05, 4.69) is 20.5 Å². The van der Waals surface area contributed by atoms with Gasteiger partial charge in [0.15, 0.2) is 5.82 Å². The first-order valence-corrected chi connectivity index (χ1v) is 7.76. The molecule has 0 aliphatic carbocycles. The Bertz CT molecular complexity index is 687. The summed E-state index contributed by atoms with van der Waals surface area (Å²) in [6, 6.07) is 3.24. The average Bonchev–Trinajstić information content (AvgIpc) is 3.11. The smallest absolute Gasteiger partial charge is 0.322 e. The van der Waals surface area contributed by atoms with Crippen LogP contribution < -0.4 is 10.1 Å². The van der Waals surface area contributed by atoms with Gasteiger partial charge in [0.25, 0.3) is 0 Å². The summed E-state index contributed by atoms with van der Waals surface area (Å²) in [4.78, 5) is 18.2. The lowest BCUT2D eigenvalue weighted by atomic mass is 10.2. The highest BCUT2D eigenvalue weighted by atomic mass is 16.5. The van der Waals surface area contributed by atoms with Gasteiger partial charge >= 0.3 is 6.03 Å². The Morgan fingerprint density at radius 2 is 2.38 bits per heavy atom. The lowest BCUT2D eigenvalue weighted by Gasteiger charge is -2.32. The maximum atomic E-state index is 12.4. The molecule has 1 saturated heterocycles. The number of methoxy groups -OCH3 is 1. The van der Waals surface area contributed by atoms with Gasteiger partial charge in [-0.1, -0.05) is 0 Å². The van der Waals surface area contributed by atoms with Crippen molar-refractivity contribution in [1.82, 2.24) is 24.6 Å². The number of ether oxygens (including phenoxy) is 2. The van der Waals surface area contributed by atoms with Gasteiger partial charge in [0.2, 0.25) is 5.88 Å². The van der Waals surface area contributed by atoms with E-state index in [-0.39, 0.29) is 12.1 Å². The summed E-state index contributed by atoms with van der Waals surface area (Å²) in [5.41, 5.74) is 0.612. The topological polar surface area (TPSA) is 94.4 Å². The number of pyridine rings is 1. The Labute approximate surface area is 139 Å². The van der Waals surface area contributed by atoms with E-state index >= 15 is 0 Å². The standard InChI is InChI=1S/C15H20N6O3/c1-3-20-10-17-19-14(20)12-9-21(6-7-24-12)15(22)18-11-4-5-13(23-2)16-8-11/h4-5,8,10,12H,3,6-7,9H2,1-2H3,(H,18,22)/t12-/m0/s1. The molecule has 3 rings (SSSR count). The van der Waals surface area contributed by atoms with Gasteiger partial charge in [0.1, 0.15) is 12.4 Å². The van der Waals surface area contributed by atoms with E-state index in [0.717, 1.165) is 12.4 Å². The number of aryl methyl sites for hydroxylation is 1. The lowest BCUT2D eigenvalue weighted by Crippen LogP contribution is -2.44. The fourth-order valence-corrected chi connectivity index (χ4v) is 2.52. The van der Waals surface area contributed by atoms with Crippen molar-refractivity contribution in [1.29, 1.82) is 0 Å². The second-order valence-electron chi connectivity index (χ2n) is 5.30. The number of urea groups is 1. The molecule has 9 heteroatoms. The van der Waals surface area contributed by atoms with Gasteiger partial charge in [-0.2, -0.15) is 0 Å². The molecule has 3 heterocycles. The summed E-state index contributed by atoms with van der Waals surface area (Å²) in [6.45, 7) is 4.17. The molecule has 2 aromatic heterocycles. The maximum Gasteiger partial charge on any atom is 0.322 e. The Morgan fingerprint density at radius 3 is 3.08 bits per heavy atom. The van der Waals surface area contributed by atoms with Crippen LogP contribution in [0.5, 0.6) is 5.88 Å². The van der Waals surface area contributed by atoms with Crippen LogP contribution in [0.3, 0.4) is 0 Å². The highest BCUT2D eigenvalue weighted by molar-refractivity contribution is 5.89. The van der Waals surface area contributed by atoms with Gasteiger partial charge < -0.3 is 24.3 Å². The summed E-state index contributed by atoms with van der Waals surface area (Å²) >= 11 is 0. The maximum absolute atomic E-state index is 12.4. The number of morpholine rings is 1. The van der Waals surface area contributed by atoms with E-state index in [1.54, 1.807) is 36.7 Å². The minimum Gasteiger partial charge on any atom is -0.481 e. The molecule has 0 spiro atoms. The number of carbonyl (C=O) groups excluding carboxylic acids is 1. The monoisotopic (exact) mass is 332 g/mol. The molecule has 24 heavy (non-hydrogen) atoms. The Hall–Kier alpha value is -2.68. The van der Waals surface area contributed by atoms with Gasteiger partial charge in [-0.3, -0.25) is 0 Å². The third kappa shape index (κ3) is 3.46. The fourth-order valence-electron chi connectivity index (χ4n) is 2.52. The van der Waals surface area contributed by atoms with Crippen LogP contribution in [-0.2, 0) is 11.3 Å². The number of rotatable bonds is 4. The van der Waals surface area contributed by atoms with Crippen molar-refractivity contribution in [2.45, 2.75) is 19.6 Å². The van der Waals surface area contributed by atoms with E-state index < -0.39 is 0 Å². The largest absolute Gasteiger partial charge is 0.481 e. The van der Waals surface area contributed by atoms with Crippen LogP contribution in [0.25, 0.3) is 0 Å². The molecule has 1 fully saturated rings. The van der Waals surface area contributed by atoms with Crippen molar-refractivity contribution in [3.05, 3.63) is 30.5 Å². The molecule has 128 valence electrons. The number of aromatic nitrogens is 4. The molecule has 0 bridgehead atoms. The Balaban J connectivity index is 1.64. The third-order valence-electron chi connectivity index (χ3n) is 3.82. The number of hydrogen-bond acceptors (Lipinski definition) is 6. The summed E-state index contributed by atoms with van der Waals surface area (Å²) in [6.07, 6.45) is 2.95. The molecule has 0 aromatic carbocycles.